The van der Waals surface area contributed by atoms with Crippen LogP contribution >= 0.6 is 7.60 Å². The van der Waals surface area contributed by atoms with Crippen molar-refractivity contribution < 1.29 is 35.9 Å². The minimum absolute atomic E-state index is 0. The number of phenols is 1. The number of phenolic OH excluding ortho intramolecular Hbond substituents is 1. The number of hydrogen-bond acceptors (Lipinski definition) is 4. The molecule has 0 saturated carbocycles. The average molecular weight is 386 g/mol. The van der Waals surface area contributed by atoms with E-state index in [4.69, 9.17) is 0 Å². The Kier molecular flexibility index (Phi) is 9.39. The third kappa shape index (κ3) is 7.85. The van der Waals surface area contributed by atoms with Gasteiger partial charge in [0.25, 0.3) is 0 Å². The molecule has 4 nitrogen and oxygen atoms in total. The Bertz CT molecular complexity index is 516. The van der Waals surface area contributed by atoms with Crippen LogP contribution in [-0.4, -0.2) is 5.11 Å². The van der Waals surface area contributed by atoms with E-state index >= 15 is 0 Å². The van der Waals surface area contributed by atoms with Gasteiger partial charge in [-0.25, -0.2) is 0 Å². The Balaban J connectivity index is 0. The minimum atomic E-state index is -4.63. The molecule has 0 spiro atoms. The van der Waals surface area contributed by atoms with Crippen molar-refractivity contribution in [2.24, 2.45) is 0 Å². The molecule has 0 aliphatic carbocycles. The Morgan fingerprint density at radius 3 is 1.52 bits per heavy atom. The van der Waals surface area contributed by atoms with E-state index in [1.807, 2.05) is 41.5 Å². The SMILES string of the molecule is CC(C)(C)c1cc(CP(=O)([O-])[O-])cc(C(C)(C)C)c1O.[CH2-]C.[Ni+3]. The van der Waals surface area contributed by atoms with E-state index in [0.29, 0.717) is 16.7 Å². The molecular formula is C17H28NiO4P. The molecule has 6 heteroatoms. The summed E-state index contributed by atoms with van der Waals surface area (Å²) in [6, 6.07) is 3.24. The van der Waals surface area contributed by atoms with Gasteiger partial charge < -0.3 is 26.4 Å². The van der Waals surface area contributed by atoms with Crippen LogP contribution < -0.4 is 9.79 Å². The topological polar surface area (TPSA) is 83.4 Å². The van der Waals surface area contributed by atoms with E-state index in [2.05, 4.69) is 6.92 Å². The summed E-state index contributed by atoms with van der Waals surface area (Å²) in [5.41, 5.74) is 1.08. The van der Waals surface area contributed by atoms with Crippen LogP contribution in [-0.2, 0) is 38.0 Å². The summed E-state index contributed by atoms with van der Waals surface area (Å²) >= 11 is 0. The van der Waals surface area contributed by atoms with Crippen LogP contribution in [0.2, 0.25) is 0 Å². The van der Waals surface area contributed by atoms with Crippen molar-refractivity contribution in [2.45, 2.75) is 65.5 Å². The van der Waals surface area contributed by atoms with Crippen molar-refractivity contribution in [3.8, 4) is 5.75 Å². The number of rotatable bonds is 2. The maximum atomic E-state index is 11.0. The molecule has 0 atom stereocenters. The first-order valence-electron chi connectivity index (χ1n) is 7.30. The number of hydrogen-bond donors (Lipinski definition) is 1. The predicted molar refractivity (Wildman–Crippen MR) is 87.8 cm³/mol. The molecule has 0 amide bonds. The molecule has 135 valence electrons. The maximum absolute atomic E-state index is 11.0. The van der Waals surface area contributed by atoms with Crippen LogP contribution in [0.15, 0.2) is 12.1 Å². The maximum Gasteiger partial charge on any atom is 3.00 e. The zero-order valence-corrected chi connectivity index (χ0v) is 16.9. The van der Waals surface area contributed by atoms with Gasteiger partial charge in [-0.05, 0) is 27.5 Å². The Hall–Kier alpha value is -0.336. The van der Waals surface area contributed by atoms with Gasteiger partial charge in [-0.15, -0.1) is 0 Å². The summed E-state index contributed by atoms with van der Waals surface area (Å²) < 4.78 is 11.0. The second-order valence-electron chi connectivity index (χ2n) is 7.31. The van der Waals surface area contributed by atoms with Crippen molar-refractivity contribution in [1.29, 1.82) is 0 Å². The molecule has 1 aromatic rings. The van der Waals surface area contributed by atoms with Crippen molar-refractivity contribution in [3.05, 3.63) is 35.7 Å². The van der Waals surface area contributed by atoms with Gasteiger partial charge >= 0.3 is 16.5 Å². The van der Waals surface area contributed by atoms with Gasteiger partial charge in [0.15, 0.2) is 0 Å². The monoisotopic (exact) mass is 385 g/mol. The van der Waals surface area contributed by atoms with E-state index in [-0.39, 0.29) is 33.1 Å². The third-order valence-corrected chi connectivity index (χ3v) is 3.91. The van der Waals surface area contributed by atoms with E-state index in [1.165, 1.54) is 0 Å². The molecule has 23 heavy (non-hydrogen) atoms. The first kappa shape index (κ1) is 24.9. The molecule has 0 saturated heterocycles. The van der Waals surface area contributed by atoms with Crippen LogP contribution in [0, 0.1) is 6.92 Å². The third-order valence-electron chi connectivity index (χ3n) is 3.16. The van der Waals surface area contributed by atoms with Crippen LogP contribution in [0.5, 0.6) is 5.75 Å². The van der Waals surface area contributed by atoms with E-state index in [1.54, 1.807) is 19.1 Å². The van der Waals surface area contributed by atoms with Gasteiger partial charge in [-0.1, -0.05) is 61.3 Å². The molecule has 0 heterocycles. The Morgan fingerprint density at radius 2 is 1.30 bits per heavy atom. The fourth-order valence-electron chi connectivity index (χ4n) is 2.15. The van der Waals surface area contributed by atoms with Gasteiger partial charge in [0.1, 0.15) is 5.75 Å². The standard InChI is InChI=1S/C15H25O4P.C2H5.Ni/c1-14(2,3)11-7-10(9-20(17,18)19)8-12(13(11)16)15(4,5)6;1-2;/h7-8,16H,9H2,1-6H3,(H2,17,18,19);1H2,2H3;/q;-1;+3/p-2. The Labute approximate surface area is 150 Å². The molecule has 0 aliphatic rings. The molecule has 0 aromatic heterocycles. The van der Waals surface area contributed by atoms with Crippen molar-refractivity contribution in [3.63, 3.8) is 0 Å². The summed E-state index contributed by atoms with van der Waals surface area (Å²) in [7, 11) is -4.63. The Morgan fingerprint density at radius 1 is 1.00 bits per heavy atom. The van der Waals surface area contributed by atoms with Gasteiger partial charge in [0.2, 0.25) is 0 Å². The second-order valence-corrected chi connectivity index (χ2v) is 8.85. The zero-order valence-electron chi connectivity index (χ0n) is 15.0. The van der Waals surface area contributed by atoms with Crippen LogP contribution in [0.3, 0.4) is 0 Å². The van der Waals surface area contributed by atoms with Crippen LogP contribution in [0.4, 0.5) is 0 Å². The summed E-state index contributed by atoms with van der Waals surface area (Å²) in [5.74, 6) is 0.181. The average Bonchev–Trinajstić information content (AvgIpc) is 2.29. The predicted octanol–water partition coefficient (Wildman–Crippen LogP) is 3.24. The molecule has 1 N–H and O–H groups in total. The number of aromatic hydroxyl groups is 1. The van der Waals surface area contributed by atoms with Crippen molar-refractivity contribution >= 4 is 7.60 Å². The molecule has 0 aliphatic heterocycles. The van der Waals surface area contributed by atoms with E-state index in [0.717, 1.165) is 0 Å². The van der Waals surface area contributed by atoms with Crippen molar-refractivity contribution in [2.75, 3.05) is 0 Å². The van der Waals surface area contributed by atoms with Gasteiger partial charge in [0.05, 0.1) is 0 Å². The first-order valence-corrected chi connectivity index (χ1v) is 9.03. The molecule has 1 aromatic carbocycles. The fraction of sp³-hybridized carbons (Fsp3) is 0.588. The smallest absolute Gasteiger partial charge is 0.810 e. The number of benzene rings is 1. The fourth-order valence-corrected chi connectivity index (χ4v) is 2.78. The molecule has 1 radical (unpaired) electrons. The van der Waals surface area contributed by atoms with E-state index in [9.17, 15) is 19.5 Å². The molecule has 0 fully saturated rings. The summed E-state index contributed by atoms with van der Waals surface area (Å²) in [5, 5.41) is 10.5. The van der Waals surface area contributed by atoms with Crippen LogP contribution in [0.1, 0.15) is 65.2 Å². The summed E-state index contributed by atoms with van der Waals surface area (Å²) in [4.78, 5) is 22.0. The zero-order chi connectivity index (χ0) is 17.9. The molecule has 0 bridgehead atoms. The van der Waals surface area contributed by atoms with Crippen LogP contribution in [0.25, 0.3) is 0 Å². The van der Waals surface area contributed by atoms with Crippen molar-refractivity contribution in [1.82, 2.24) is 0 Å². The normalized spacial score (nSPS) is 12.1. The largest absolute Gasteiger partial charge is 3.00 e. The first-order chi connectivity index (χ1) is 9.72. The second kappa shape index (κ2) is 8.67. The summed E-state index contributed by atoms with van der Waals surface area (Å²) in [6.07, 6.45) is -0.528. The minimum Gasteiger partial charge on any atom is -0.810 e. The quantitative estimate of drug-likeness (QED) is 0.481. The van der Waals surface area contributed by atoms with Gasteiger partial charge in [-0.2, -0.15) is 6.92 Å². The van der Waals surface area contributed by atoms with E-state index < -0.39 is 13.8 Å². The van der Waals surface area contributed by atoms with Gasteiger partial charge in [0, 0.05) is 6.16 Å². The summed E-state index contributed by atoms with van der Waals surface area (Å²) in [6.45, 7) is 16.6. The molecule has 1 rings (SSSR count). The molecule has 0 unspecified atom stereocenters. The van der Waals surface area contributed by atoms with Gasteiger partial charge in [-0.3, -0.25) is 0 Å². The molecular weight excluding hydrogens is 358 g/mol.